The smallest absolute Gasteiger partial charge is 0.195 e. The van der Waals surface area contributed by atoms with Crippen molar-refractivity contribution >= 4 is 61.4 Å². The highest BCUT2D eigenvalue weighted by atomic mass is 127. The van der Waals surface area contributed by atoms with Crippen LogP contribution in [0.4, 0.5) is 0 Å². The Hall–Kier alpha value is -0.910. The maximum absolute atomic E-state index is 12.6. The predicted molar refractivity (Wildman–Crippen MR) is 89.4 cm³/mol. The van der Waals surface area contributed by atoms with Crippen molar-refractivity contribution in [3.05, 3.63) is 67.6 Å². The summed E-state index contributed by atoms with van der Waals surface area (Å²) >= 11 is 9.74. The van der Waals surface area contributed by atoms with Gasteiger partial charge in [-0.2, -0.15) is 0 Å². The summed E-state index contributed by atoms with van der Waals surface area (Å²) in [5.41, 5.74) is 1.41. The molecule has 0 saturated carbocycles. The molecule has 0 fully saturated rings. The van der Waals surface area contributed by atoms with Crippen molar-refractivity contribution in [1.82, 2.24) is 0 Å². The van der Waals surface area contributed by atoms with Gasteiger partial charge in [-0.15, -0.1) is 11.3 Å². The topological polar surface area (TPSA) is 17.1 Å². The largest absolute Gasteiger partial charge is 0.289 e. The summed E-state index contributed by atoms with van der Waals surface area (Å²) in [6.07, 6.45) is 0. The average molecular weight is 399 g/mol. The van der Waals surface area contributed by atoms with Crippen LogP contribution in [0.5, 0.6) is 0 Å². The summed E-state index contributed by atoms with van der Waals surface area (Å²) in [7, 11) is 0. The van der Waals surface area contributed by atoms with Crippen LogP contribution in [0.1, 0.15) is 15.9 Å². The lowest BCUT2D eigenvalue weighted by Crippen LogP contribution is -2.02. The average Bonchev–Trinajstić information content (AvgIpc) is 2.84. The number of hydrogen-bond acceptors (Lipinski definition) is 2. The zero-order valence-electron chi connectivity index (χ0n) is 9.69. The van der Waals surface area contributed by atoms with Gasteiger partial charge in [-0.05, 0) is 46.9 Å². The Bertz CT molecular complexity index is 779. The summed E-state index contributed by atoms with van der Waals surface area (Å²) < 4.78 is 2.05. The van der Waals surface area contributed by atoms with Crippen LogP contribution in [-0.4, -0.2) is 5.78 Å². The summed E-state index contributed by atoms with van der Waals surface area (Å²) in [5.74, 6) is 0.0318. The molecule has 0 saturated heterocycles. The molecule has 0 bridgehead atoms. The van der Waals surface area contributed by atoms with Crippen LogP contribution >= 0.6 is 45.5 Å². The van der Waals surface area contributed by atoms with Crippen molar-refractivity contribution in [2.24, 2.45) is 0 Å². The van der Waals surface area contributed by atoms with Gasteiger partial charge in [0.2, 0.25) is 0 Å². The standard InChI is InChI=1S/C15H8ClIOS/c16-9-5-6-13(17)11(7-9)15(18)12-8-19-14-4-2-1-3-10(12)14/h1-8H. The van der Waals surface area contributed by atoms with Crippen LogP contribution in [0.2, 0.25) is 5.02 Å². The van der Waals surface area contributed by atoms with E-state index in [0.29, 0.717) is 10.6 Å². The highest BCUT2D eigenvalue weighted by Crippen LogP contribution is 2.29. The molecule has 0 N–H and O–H groups in total. The Morgan fingerprint density at radius 1 is 1.11 bits per heavy atom. The molecule has 0 atom stereocenters. The summed E-state index contributed by atoms with van der Waals surface area (Å²) in [6, 6.07) is 13.3. The first kappa shape index (κ1) is 13.1. The van der Waals surface area contributed by atoms with Gasteiger partial charge in [-0.25, -0.2) is 0 Å². The lowest BCUT2D eigenvalue weighted by Gasteiger charge is -2.03. The van der Waals surface area contributed by atoms with Crippen LogP contribution in [0.3, 0.4) is 0 Å². The minimum Gasteiger partial charge on any atom is -0.289 e. The number of benzene rings is 2. The van der Waals surface area contributed by atoms with Crippen molar-refractivity contribution in [2.75, 3.05) is 0 Å². The fourth-order valence-corrected chi connectivity index (χ4v) is 3.66. The van der Waals surface area contributed by atoms with Crippen molar-refractivity contribution in [3.63, 3.8) is 0 Å². The van der Waals surface area contributed by atoms with Gasteiger partial charge in [0.1, 0.15) is 0 Å². The highest BCUT2D eigenvalue weighted by molar-refractivity contribution is 14.1. The van der Waals surface area contributed by atoms with E-state index in [-0.39, 0.29) is 5.78 Å². The van der Waals surface area contributed by atoms with Gasteiger partial charge in [-0.3, -0.25) is 4.79 Å². The van der Waals surface area contributed by atoms with Gasteiger partial charge in [0, 0.05) is 35.2 Å². The second-order valence-corrected chi connectivity index (χ2v) is 6.61. The number of carbonyl (C=O) groups is 1. The van der Waals surface area contributed by atoms with Crippen LogP contribution in [0.15, 0.2) is 47.8 Å². The molecular formula is C15H8ClIOS. The molecule has 1 nitrogen and oxygen atoms in total. The third-order valence-electron chi connectivity index (χ3n) is 2.90. The highest BCUT2D eigenvalue weighted by Gasteiger charge is 2.16. The first-order valence-corrected chi connectivity index (χ1v) is 7.96. The van der Waals surface area contributed by atoms with E-state index in [0.717, 1.165) is 19.2 Å². The van der Waals surface area contributed by atoms with Gasteiger partial charge >= 0.3 is 0 Å². The third kappa shape index (κ3) is 2.42. The number of fused-ring (bicyclic) bond motifs is 1. The number of halogens is 2. The van der Waals surface area contributed by atoms with Crippen molar-refractivity contribution < 1.29 is 4.79 Å². The molecule has 0 aliphatic heterocycles. The Balaban J connectivity index is 2.16. The van der Waals surface area contributed by atoms with E-state index < -0.39 is 0 Å². The van der Waals surface area contributed by atoms with E-state index in [1.165, 1.54) is 0 Å². The summed E-state index contributed by atoms with van der Waals surface area (Å²) in [6.45, 7) is 0. The molecule has 0 spiro atoms. The number of carbonyl (C=O) groups excluding carboxylic acids is 1. The number of rotatable bonds is 2. The monoisotopic (exact) mass is 398 g/mol. The number of thiophene rings is 1. The first-order valence-electron chi connectivity index (χ1n) is 5.63. The Morgan fingerprint density at radius 2 is 1.89 bits per heavy atom. The molecule has 3 aromatic rings. The van der Waals surface area contributed by atoms with Crippen LogP contribution in [0.25, 0.3) is 10.1 Å². The molecule has 0 radical (unpaired) electrons. The Kier molecular flexibility index (Phi) is 3.60. The molecule has 0 unspecified atom stereocenters. The van der Waals surface area contributed by atoms with Crippen LogP contribution in [0, 0.1) is 3.57 Å². The molecule has 4 heteroatoms. The van der Waals surface area contributed by atoms with E-state index in [9.17, 15) is 4.79 Å². The second-order valence-electron chi connectivity index (χ2n) is 4.10. The molecule has 0 aliphatic carbocycles. The van der Waals surface area contributed by atoms with E-state index in [4.69, 9.17) is 11.6 Å². The predicted octanol–water partition coefficient (Wildman–Crippen LogP) is 5.39. The molecule has 3 rings (SSSR count). The molecule has 0 amide bonds. The maximum Gasteiger partial charge on any atom is 0.195 e. The lowest BCUT2D eigenvalue weighted by molar-refractivity contribution is 0.104. The third-order valence-corrected chi connectivity index (χ3v) is 5.04. The molecule has 1 heterocycles. The second kappa shape index (κ2) is 5.23. The minimum atomic E-state index is 0.0318. The minimum absolute atomic E-state index is 0.0318. The first-order chi connectivity index (χ1) is 9.16. The number of ketones is 1. The SMILES string of the molecule is O=C(c1cc(Cl)ccc1I)c1csc2ccccc12. The zero-order chi connectivity index (χ0) is 13.4. The van der Waals surface area contributed by atoms with Gasteiger partial charge in [0.05, 0.1) is 0 Å². The Labute approximate surface area is 133 Å². The molecule has 0 aliphatic rings. The molecular weight excluding hydrogens is 391 g/mol. The van der Waals surface area contributed by atoms with Gasteiger partial charge in [-0.1, -0.05) is 29.8 Å². The van der Waals surface area contributed by atoms with Gasteiger partial charge in [0.15, 0.2) is 5.78 Å². The quantitative estimate of drug-likeness (QED) is 0.418. The van der Waals surface area contributed by atoms with Crippen molar-refractivity contribution in [3.8, 4) is 0 Å². The van der Waals surface area contributed by atoms with E-state index in [2.05, 4.69) is 22.6 Å². The molecule has 19 heavy (non-hydrogen) atoms. The molecule has 1 aromatic heterocycles. The number of hydrogen-bond donors (Lipinski definition) is 0. The van der Waals surface area contributed by atoms with Gasteiger partial charge < -0.3 is 0 Å². The van der Waals surface area contributed by atoms with Gasteiger partial charge in [0.25, 0.3) is 0 Å². The van der Waals surface area contributed by atoms with E-state index >= 15 is 0 Å². The van der Waals surface area contributed by atoms with Crippen LogP contribution in [-0.2, 0) is 0 Å². The maximum atomic E-state index is 12.6. The Morgan fingerprint density at radius 3 is 2.74 bits per heavy atom. The molecule has 94 valence electrons. The lowest BCUT2D eigenvalue weighted by atomic mass is 10.0. The van der Waals surface area contributed by atoms with Crippen molar-refractivity contribution in [2.45, 2.75) is 0 Å². The van der Waals surface area contributed by atoms with Crippen molar-refractivity contribution in [1.29, 1.82) is 0 Å². The summed E-state index contributed by atoms with van der Waals surface area (Å²) in [5, 5.41) is 3.51. The van der Waals surface area contributed by atoms with E-state index in [1.54, 1.807) is 23.5 Å². The fourth-order valence-electron chi connectivity index (χ4n) is 1.97. The summed E-state index contributed by atoms with van der Waals surface area (Å²) in [4.78, 5) is 12.6. The van der Waals surface area contributed by atoms with E-state index in [1.807, 2.05) is 35.7 Å². The normalized spacial score (nSPS) is 10.8. The molecule has 2 aromatic carbocycles. The fraction of sp³-hybridized carbons (Fsp3) is 0. The van der Waals surface area contributed by atoms with Crippen LogP contribution < -0.4 is 0 Å². The zero-order valence-corrected chi connectivity index (χ0v) is 13.4.